The molecule has 0 bridgehead atoms. The first-order chi connectivity index (χ1) is 12.0. The summed E-state index contributed by atoms with van der Waals surface area (Å²) in [5.74, 6) is -0.0372. The molecule has 1 unspecified atom stereocenters. The van der Waals surface area contributed by atoms with E-state index in [9.17, 15) is 9.59 Å². The molecule has 2 atom stereocenters. The Hall–Kier alpha value is -1.70. The van der Waals surface area contributed by atoms with Gasteiger partial charge in [0.2, 0.25) is 5.91 Å². The molecule has 0 saturated heterocycles. The lowest BCUT2D eigenvalue weighted by molar-refractivity contribution is -0.919. The molecular weight excluding hydrogens is 354 g/mol. The third-order valence-electron chi connectivity index (χ3n) is 4.68. The number of thiophene rings is 2. The zero-order chi connectivity index (χ0) is 18.0. The summed E-state index contributed by atoms with van der Waals surface area (Å²) in [6.45, 7) is 1.48. The Bertz CT molecular complexity index is 739. The number of amides is 2. The molecule has 2 amide bonds. The van der Waals surface area contributed by atoms with Gasteiger partial charge in [0.05, 0.1) is 18.0 Å². The third kappa shape index (κ3) is 3.94. The van der Waals surface area contributed by atoms with Gasteiger partial charge in [-0.1, -0.05) is 6.07 Å². The second kappa shape index (κ2) is 7.68. The summed E-state index contributed by atoms with van der Waals surface area (Å²) in [6.07, 6.45) is 1.01. The fourth-order valence-electron chi connectivity index (χ4n) is 3.21. The maximum Gasteiger partial charge on any atom is 0.277 e. The molecule has 3 heterocycles. The van der Waals surface area contributed by atoms with Crippen LogP contribution in [0.2, 0.25) is 0 Å². The average Bonchev–Trinajstić information content (AvgIpc) is 3.25. The summed E-state index contributed by atoms with van der Waals surface area (Å²) < 4.78 is 0. The van der Waals surface area contributed by atoms with Gasteiger partial charge in [0.1, 0.15) is 6.04 Å². The predicted molar refractivity (Wildman–Crippen MR) is 101 cm³/mol. The van der Waals surface area contributed by atoms with Crippen molar-refractivity contribution in [3.63, 3.8) is 0 Å². The largest absolute Gasteiger partial charge is 0.347 e. The summed E-state index contributed by atoms with van der Waals surface area (Å²) >= 11 is 3.56. The summed E-state index contributed by atoms with van der Waals surface area (Å²) in [4.78, 5) is 31.6. The topological polar surface area (TPSA) is 45.1 Å². The Morgan fingerprint density at radius 2 is 1.96 bits per heavy atom. The molecule has 2 aromatic heterocycles. The standard InChI is InChI=1S/C18H23N3O2S2/c1-19(2)16(22)11-20(3)17(23)12-21-8-6-14-13(7-10-25-14)18(21)15-5-4-9-24-15/h4-5,7,9-10,18H,6,8,11-12H2,1-3H3/p+1/t18-/m1/s1. The van der Waals surface area contributed by atoms with Crippen molar-refractivity contribution in [2.45, 2.75) is 12.5 Å². The SMILES string of the molecule is CN(C)C(=O)CN(C)C(=O)C[NH+]1CCc2sccc2[C@@H]1c1cccs1. The Kier molecular flexibility index (Phi) is 5.56. The van der Waals surface area contributed by atoms with Crippen LogP contribution in [0.15, 0.2) is 29.0 Å². The van der Waals surface area contributed by atoms with E-state index >= 15 is 0 Å². The molecule has 0 fully saturated rings. The zero-order valence-corrected chi connectivity index (χ0v) is 16.5. The summed E-state index contributed by atoms with van der Waals surface area (Å²) in [6, 6.07) is 6.65. The Morgan fingerprint density at radius 1 is 1.16 bits per heavy atom. The molecule has 0 aliphatic carbocycles. The Labute approximate surface area is 156 Å². The van der Waals surface area contributed by atoms with E-state index in [0.717, 1.165) is 13.0 Å². The monoisotopic (exact) mass is 378 g/mol. The summed E-state index contributed by atoms with van der Waals surface area (Å²) in [7, 11) is 5.13. The molecule has 0 spiro atoms. The maximum atomic E-state index is 12.7. The van der Waals surface area contributed by atoms with Crippen LogP contribution in [0.25, 0.3) is 0 Å². The number of hydrogen-bond donors (Lipinski definition) is 1. The van der Waals surface area contributed by atoms with E-state index in [1.807, 2.05) is 11.3 Å². The van der Waals surface area contributed by atoms with Crippen molar-refractivity contribution in [3.05, 3.63) is 44.3 Å². The van der Waals surface area contributed by atoms with E-state index in [1.54, 1.807) is 37.4 Å². The van der Waals surface area contributed by atoms with Gasteiger partial charge < -0.3 is 14.7 Å². The van der Waals surface area contributed by atoms with Gasteiger partial charge in [0.25, 0.3) is 5.91 Å². The van der Waals surface area contributed by atoms with E-state index in [2.05, 4.69) is 29.0 Å². The average molecular weight is 379 g/mol. The van der Waals surface area contributed by atoms with Crippen molar-refractivity contribution in [2.24, 2.45) is 0 Å². The van der Waals surface area contributed by atoms with Crippen molar-refractivity contribution in [1.29, 1.82) is 0 Å². The second-order valence-corrected chi connectivity index (χ2v) is 8.60. The summed E-state index contributed by atoms with van der Waals surface area (Å²) in [5, 5.41) is 4.25. The van der Waals surface area contributed by atoms with E-state index in [4.69, 9.17) is 0 Å². The summed E-state index contributed by atoms with van der Waals surface area (Å²) in [5.41, 5.74) is 1.36. The van der Waals surface area contributed by atoms with Crippen LogP contribution in [0.5, 0.6) is 0 Å². The number of carbonyl (C=O) groups is 2. The van der Waals surface area contributed by atoms with Crippen LogP contribution >= 0.6 is 22.7 Å². The molecule has 5 nitrogen and oxygen atoms in total. The number of fused-ring (bicyclic) bond motifs is 1. The van der Waals surface area contributed by atoms with Crippen molar-refractivity contribution >= 4 is 34.5 Å². The van der Waals surface area contributed by atoms with Crippen LogP contribution in [-0.2, 0) is 16.0 Å². The van der Waals surface area contributed by atoms with Crippen molar-refractivity contribution in [2.75, 3.05) is 40.8 Å². The molecule has 0 radical (unpaired) electrons. The molecule has 1 N–H and O–H groups in total. The lowest BCUT2D eigenvalue weighted by Gasteiger charge is -2.32. The highest BCUT2D eigenvalue weighted by Gasteiger charge is 2.35. The van der Waals surface area contributed by atoms with Gasteiger partial charge in [-0.05, 0) is 22.9 Å². The fourth-order valence-corrected chi connectivity index (χ4v) is 5.03. The van der Waals surface area contributed by atoms with E-state index in [-0.39, 0.29) is 24.4 Å². The molecule has 1 aliphatic heterocycles. The van der Waals surface area contributed by atoms with Gasteiger partial charge >= 0.3 is 0 Å². The van der Waals surface area contributed by atoms with Gasteiger partial charge in [-0.25, -0.2) is 0 Å². The molecule has 134 valence electrons. The van der Waals surface area contributed by atoms with Crippen LogP contribution in [0.4, 0.5) is 0 Å². The minimum atomic E-state index is -0.0561. The Morgan fingerprint density at radius 3 is 2.64 bits per heavy atom. The number of carbonyl (C=O) groups excluding carboxylic acids is 2. The van der Waals surface area contributed by atoms with Crippen molar-refractivity contribution < 1.29 is 14.5 Å². The highest BCUT2D eigenvalue weighted by Crippen LogP contribution is 2.31. The first-order valence-electron chi connectivity index (χ1n) is 8.35. The molecule has 2 aromatic rings. The highest BCUT2D eigenvalue weighted by atomic mass is 32.1. The lowest BCUT2D eigenvalue weighted by Crippen LogP contribution is -3.14. The van der Waals surface area contributed by atoms with Gasteiger partial charge in [0, 0.05) is 38.0 Å². The zero-order valence-electron chi connectivity index (χ0n) is 14.8. The van der Waals surface area contributed by atoms with Gasteiger partial charge in [0.15, 0.2) is 6.54 Å². The van der Waals surface area contributed by atoms with Crippen LogP contribution in [0.3, 0.4) is 0 Å². The number of quaternary nitrogens is 1. The number of hydrogen-bond acceptors (Lipinski definition) is 4. The van der Waals surface area contributed by atoms with Crippen molar-refractivity contribution in [3.8, 4) is 0 Å². The molecule has 0 saturated carbocycles. The lowest BCUT2D eigenvalue weighted by atomic mass is 9.98. The quantitative estimate of drug-likeness (QED) is 0.840. The normalized spacial score (nSPS) is 19.3. The molecule has 7 heteroatoms. The third-order valence-corrected chi connectivity index (χ3v) is 6.61. The van der Waals surface area contributed by atoms with E-state index < -0.39 is 0 Å². The fraction of sp³-hybridized carbons (Fsp3) is 0.444. The number of likely N-dealkylation sites (N-methyl/N-ethyl adjacent to an activating group) is 2. The minimum Gasteiger partial charge on any atom is -0.347 e. The van der Waals surface area contributed by atoms with Crippen LogP contribution in [-0.4, -0.2) is 62.4 Å². The van der Waals surface area contributed by atoms with Crippen LogP contribution < -0.4 is 4.90 Å². The molecule has 25 heavy (non-hydrogen) atoms. The first-order valence-corrected chi connectivity index (χ1v) is 10.1. The van der Waals surface area contributed by atoms with Gasteiger partial charge in [-0.2, -0.15) is 0 Å². The van der Waals surface area contributed by atoms with E-state index in [0.29, 0.717) is 6.54 Å². The number of rotatable bonds is 5. The Balaban J connectivity index is 1.75. The van der Waals surface area contributed by atoms with Gasteiger partial charge in [-0.3, -0.25) is 9.59 Å². The molecular formula is C18H24N3O2S2+. The van der Waals surface area contributed by atoms with E-state index in [1.165, 1.54) is 25.1 Å². The molecule has 3 rings (SSSR count). The molecule has 0 aromatic carbocycles. The highest BCUT2D eigenvalue weighted by molar-refractivity contribution is 7.10. The smallest absolute Gasteiger partial charge is 0.277 e. The second-order valence-electron chi connectivity index (χ2n) is 6.62. The maximum absolute atomic E-state index is 12.7. The molecule has 1 aliphatic rings. The van der Waals surface area contributed by atoms with Gasteiger partial charge in [-0.15, -0.1) is 22.7 Å². The van der Waals surface area contributed by atoms with Crippen LogP contribution in [0, 0.1) is 0 Å². The van der Waals surface area contributed by atoms with Crippen molar-refractivity contribution in [1.82, 2.24) is 9.80 Å². The van der Waals surface area contributed by atoms with Crippen LogP contribution in [0.1, 0.15) is 21.4 Å². The number of nitrogens with one attached hydrogen (secondary N) is 1. The first kappa shape index (κ1) is 18.1. The predicted octanol–water partition coefficient (Wildman–Crippen LogP) is 0.887. The minimum absolute atomic E-state index is 0.0189. The number of nitrogens with zero attached hydrogens (tertiary/aromatic N) is 2.